The summed E-state index contributed by atoms with van der Waals surface area (Å²) in [5.41, 5.74) is -1.35. The number of hydrogen-bond donors (Lipinski definition) is 2. The van der Waals surface area contributed by atoms with Gasteiger partial charge in [0.05, 0.1) is 0 Å². The molecule has 0 bridgehead atoms. The quantitative estimate of drug-likeness (QED) is 0.492. The van der Waals surface area contributed by atoms with Crippen molar-refractivity contribution in [2.75, 3.05) is 26.2 Å². The maximum atomic E-state index is 11.6. The summed E-state index contributed by atoms with van der Waals surface area (Å²) in [5.74, 6) is -1.52. The zero-order valence-electron chi connectivity index (χ0n) is 11.2. The van der Waals surface area contributed by atoms with Crippen molar-refractivity contribution in [1.82, 2.24) is 10.2 Å². The van der Waals surface area contributed by atoms with Crippen LogP contribution in [0, 0.1) is 5.41 Å². The van der Waals surface area contributed by atoms with Crippen LogP contribution in [0.3, 0.4) is 0 Å². The molecular formula is C12H24N2O3. The Morgan fingerprint density at radius 3 is 2.18 bits per heavy atom. The van der Waals surface area contributed by atoms with Gasteiger partial charge in [0.25, 0.3) is 0 Å². The van der Waals surface area contributed by atoms with Gasteiger partial charge in [-0.15, -0.1) is 0 Å². The molecule has 0 aromatic rings. The number of amides is 1. The lowest BCUT2D eigenvalue weighted by atomic mass is 9.93. The maximum absolute atomic E-state index is 11.6. The van der Waals surface area contributed by atoms with Gasteiger partial charge in [0.1, 0.15) is 5.41 Å². The van der Waals surface area contributed by atoms with Crippen molar-refractivity contribution >= 4 is 11.9 Å². The van der Waals surface area contributed by atoms with Crippen LogP contribution in [0.1, 0.15) is 34.1 Å². The van der Waals surface area contributed by atoms with Gasteiger partial charge in [-0.2, -0.15) is 0 Å². The molecular weight excluding hydrogens is 220 g/mol. The van der Waals surface area contributed by atoms with Crippen LogP contribution in [0.4, 0.5) is 0 Å². The Kier molecular flexibility index (Phi) is 6.80. The molecule has 0 fully saturated rings. The minimum absolute atomic E-state index is 0.426. The average molecular weight is 244 g/mol. The summed E-state index contributed by atoms with van der Waals surface area (Å²) >= 11 is 0. The molecule has 0 aliphatic rings. The van der Waals surface area contributed by atoms with E-state index in [1.165, 1.54) is 13.8 Å². The van der Waals surface area contributed by atoms with Gasteiger partial charge in [-0.3, -0.25) is 9.59 Å². The predicted octanol–water partition coefficient (Wildman–Crippen LogP) is 0.945. The van der Waals surface area contributed by atoms with E-state index >= 15 is 0 Å². The van der Waals surface area contributed by atoms with Crippen LogP contribution in [-0.2, 0) is 9.59 Å². The first-order valence-electron chi connectivity index (χ1n) is 6.10. The van der Waals surface area contributed by atoms with Crippen LogP contribution in [0.5, 0.6) is 0 Å². The number of carbonyl (C=O) groups excluding carboxylic acids is 1. The number of rotatable bonds is 8. The van der Waals surface area contributed by atoms with Gasteiger partial charge >= 0.3 is 5.97 Å². The summed E-state index contributed by atoms with van der Waals surface area (Å²) in [6.07, 6.45) is 0.836. The fraction of sp³-hybridized carbons (Fsp3) is 0.833. The first kappa shape index (κ1) is 15.9. The van der Waals surface area contributed by atoms with Crippen LogP contribution in [0.25, 0.3) is 0 Å². The minimum atomic E-state index is -1.35. The molecule has 0 spiro atoms. The Bertz CT molecular complexity index is 260. The van der Waals surface area contributed by atoms with Gasteiger partial charge in [0, 0.05) is 6.54 Å². The second kappa shape index (κ2) is 7.27. The van der Waals surface area contributed by atoms with Crippen LogP contribution in [0.2, 0.25) is 0 Å². The van der Waals surface area contributed by atoms with E-state index < -0.39 is 17.3 Å². The molecule has 0 aliphatic heterocycles. The number of hydrogen-bond acceptors (Lipinski definition) is 3. The standard InChI is InChI=1S/C12H24N2O3/c1-5-14(6-2)9-7-8-13-10(15)12(3,4)11(16)17/h5-9H2,1-4H3,(H,13,15)(H,16,17). The highest BCUT2D eigenvalue weighted by Crippen LogP contribution is 2.14. The molecule has 1 amide bonds. The van der Waals surface area contributed by atoms with Crippen molar-refractivity contribution in [3.63, 3.8) is 0 Å². The molecule has 0 aromatic carbocycles. The number of carboxylic acid groups (broad SMARTS) is 1. The topological polar surface area (TPSA) is 69.6 Å². The van der Waals surface area contributed by atoms with Gasteiger partial charge in [0.2, 0.25) is 5.91 Å². The number of carbonyl (C=O) groups is 2. The van der Waals surface area contributed by atoms with Crippen molar-refractivity contribution in [3.8, 4) is 0 Å². The molecule has 100 valence electrons. The van der Waals surface area contributed by atoms with Gasteiger partial charge in [-0.05, 0) is 39.9 Å². The summed E-state index contributed by atoms with van der Waals surface area (Å²) in [7, 11) is 0. The molecule has 0 rings (SSSR count). The summed E-state index contributed by atoms with van der Waals surface area (Å²) in [6.45, 7) is 10.4. The largest absolute Gasteiger partial charge is 0.480 e. The fourth-order valence-corrected chi connectivity index (χ4v) is 1.36. The second-order valence-electron chi connectivity index (χ2n) is 4.57. The highest BCUT2D eigenvalue weighted by atomic mass is 16.4. The average Bonchev–Trinajstić information content (AvgIpc) is 2.28. The van der Waals surface area contributed by atoms with E-state index in [9.17, 15) is 9.59 Å². The van der Waals surface area contributed by atoms with Crippen molar-refractivity contribution < 1.29 is 14.7 Å². The molecule has 0 radical (unpaired) electrons. The molecule has 0 unspecified atom stereocenters. The molecule has 0 aliphatic carbocycles. The summed E-state index contributed by atoms with van der Waals surface area (Å²) in [6, 6.07) is 0. The lowest BCUT2D eigenvalue weighted by Crippen LogP contribution is -2.43. The highest BCUT2D eigenvalue weighted by molar-refractivity contribution is 6.00. The Hall–Kier alpha value is -1.10. The van der Waals surface area contributed by atoms with E-state index in [0.29, 0.717) is 6.54 Å². The van der Waals surface area contributed by atoms with E-state index in [-0.39, 0.29) is 0 Å². The van der Waals surface area contributed by atoms with E-state index in [0.717, 1.165) is 26.1 Å². The summed E-state index contributed by atoms with van der Waals surface area (Å²) in [5, 5.41) is 11.5. The molecule has 0 saturated heterocycles. The molecule has 0 heterocycles. The third-order valence-corrected chi connectivity index (χ3v) is 2.93. The molecule has 0 aromatic heterocycles. The van der Waals surface area contributed by atoms with Crippen LogP contribution in [-0.4, -0.2) is 48.1 Å². The van der Waals surface area contributed by atoms with Crippen molar-refractivity contribution in [2.45, 2.75) is 34.1 Å². The number of nitrogens with zero attached hydrogens (tertiary/aromatic N) is 1. The maximum Gasteiger partial charge on any atom is 0.318 e. The Morgan fingerprint density at radius 1 is 1.24 bits per heavy atom. The molecule has 5 nitrogen and oxygen atoms in total. The Balaban J connectivity index is 3.90. The monoisotopic (exact) mass is 244 g/mol. The van der Waals surface area contributed by atoms with E-state index in [1.807, 2.05) is 0 Å². The van der Waals surface area contributed by atoms with Gasteiger partial charge in [-0.25, -0.2) is 0 Å². The SMILES string of the molecule is CCN(CC)CCCNC(=O)C(C)(C)C(=O)O. The number of carboxylic acids is 1. The third kappa shape index (κ3) is 5.17. The van der Waals surface area contributed by atoms with Crippen molar-refractivity contribution in [3.05, 3.63) is 0 Å². The van der Waals surface area contributed by atoms with E-state index in [4.69, 9.17) is 5.11 Å². The number of nitrogens with one attached hydrogen (secondary N) is 1. The molecule has 0 saturated carbocycles. The van der Waals surface area contributed by atoms with Gasteiger partial charge < -0.3 is 15.3 Å². The number of aliphatic carboxylic acids is 1. The van der Waals surface area contributed by atoms with E-state index in [1.54, 1.807) is 0 Å². The third-order valence-electron chi connectivity index (χ3n) is 2.93. The predicted molar refractivity (Wildman–Crippen MR) is 66.8 cm³/mol. The van der Waals surface area contributed by atoms with Crippen molar-refractivity contribution in [2.24, 2.45) is 5.41 Å². The molecule has 17 heavy (non-hydrogen) atoms. The Morgan fingerprint density at radius 2 is 1.76 bits per heavy atom. The lowest BCUT2D eigenvalue weighted by molar-refractivity contribution is -0.153. The zero-order chi connectivity index (χ0) is 13.5. The minimum Gasteiger partial charge on any atom is -0.480 e. The first-order valence-corrected chi connectivity index (χ1v) is 6.10. The lowest BCUT2D eigenvalue weighted by Gasteiger charge is -2.20. The van der Waals surface area contributed by atoms with E-state index in [2.05, 4.69) is 24.1 Å². The van der Waals surface area contributed by atoms with Crippen LogP contribution >= 0.6 is 0 Å². The normalized spacial score (nSPS) is 11.6. The summed E-state index contributed by atoms with van der Waals surface area (Å²) in [4.78, 5) is 24.7. The smallest absolute Gasteiger partial charge is 0.318 e. The Labute approximate surface area is 103 Å². The first-order chi connectivity index (χ1) is 7.86. The summed E-state index contributed by atoms with van der Waals surface area (Å²) < 4.78 is 0. The second-order valence-corrected chi connectivity index (χ2v) is 4.57. The molecule has 2 N–H and O–H groups in total. The zero-order valence-corrected chi connectivity index (χ0v) is 11.2. The molecule has 0 atom stereocenters. The fourth-order valence-electron chi connectivity index (χ4n) is 1.36. The highest BCUT2D eigenvalue weighted by Gasteiger charge is 2.35. The molecule has 5 heteroatoms. The van der Waals surface area contributed by atoms with Crippen LogP contribution < -0.4 is 5.32 Å². The van der Waals surface area contributed by atoms with Crippen molar-refractivity contribution in [1.29, 1.82) is 0 Å². The van der Waals surface area contributed by atoms with Crippen LogP contribution in [0.15, 0.2) is 0 Å². The van der Waals surface area contributed by atoms with Gasteiger partial charge in [0.15, 0.2) is 0 Å². The van der Waals surface area contributed by atoms with Gasteiger partial charge in [-0.1, -0.05) is 13.8 Å².